The fourth-order valence-corrected chi connectivity index (χ4v) is 8.41. The molecule has 1 aliphatic heterocycles. The highest BCUT2D eigenvalue weighted by atomic mass is 79.9. The van der Waals surface area contributed by atoms with Gasteiger partial charge in [0.15, 0.2) is 17.3 Å². The number of Topliss-reactive ketones (excluding diaryl/α,β-unsaturated/α-hetero) is 2. The van der Waals surface area contributed by atoms with E-state index in [1.165, 1.54) is 12.1 Å². The highest BCUT2D eigenvalue weighted by molar-refractivity contribution is 9.10. The summed E-state index contributed by atoms with van der Waals surface area (Å²) in [6.07, 6.45) is 2.20. The average Bonchev–Trinajstić information content (AvgIpc) is 2.94. The number of nitrogens with zero attached hydrogens (tertiary/aromatic N) is 1. The van der Waals surface area contributed by atoms with Crippen LogP contribution in [0.5, 0.6) is 5.75 Å². The van der Waals surface area contributed by atoms with Gasteiger partial charge in [0.25, 0.3) is 0 Å². The molecule has 0 aromatic heterocycles. The summed E-state index contributed by atoms with van der Waals surface area (Å²) in [6.45, 7) is 9.08. The number of ketones is 2. The van der Waals surface area contributed by atoms with E-state index in [1.807, 2.05) is 18.2 Å². The summed E-state index contributed by atoms with van der Waals surface area (Å²) >= 11 is 3.54. The van der Waals surface area contributed by atoms with Gasteiger partial charge in [0.1, 0.15) is 4.90 Å². The van der Waals surface area contributed by atoms with Gasteiger partial charge >= 0.3 is 10.1 Å². The summed E-state index contributed by atoms with van der Waals surface area (Å²) < 4.78 is 31.9. The first-order chi connectivity index (χ1) is 20.7. The fourth-order valence-electron chi connectivity index (χ4n) is 6.86. The molecule has 2 aliphatic carbocycles. The molecular weight excluding hydrogens is 638 g/mol. The third-order valence-corrected chi connectivity index (χ3v) is 10.6. The van der Waals surface area contributed by atoms with E-state index in [-0.39, 0.29) is 33.0 Å². The summed E-state index contributed by atoms with van der Waals surface area (Å²) in [7, 11) is -4.06. The minimum atomic E-state index is -4.06. The van der Waals surface area contributed by atoms with E-state index in [2.05, 4.69) is 60.7 Å². The van der Waals surface area contributed by atoms with Gasteiger partial charge in [-0.1, -0.05) is 82.3 Å². The zero-order chi connectivity index (χ0) is 31.4. The molecule has 0 fully saturated rings. The van der Waals surface area contributed by atoms with Crippen LogP contribution in [0.3, 0.4) is 0 Å². The number of carbonyl (C=O) groups is 2. The Labute approximate surface area is 268 Å². The second-order valence-corrected chi connectivity index (χ2v) is 16.0. The first kappa shape index (κ1) is 30.5. The highest BCUT2D eigenvalue weighted by Crippen LogP contribution is 2.55. The maximum absolute atomic E-state index is 14.1. The van der Waals surface area contributed by atoms with Crippen LogP contribution < -0.4 is 4.18 Å². The third kappa shape index (κ3) is 5.82. The number of allylic oxidation sites excluding steroid dienone is 4. The Morgan fingerprint density at radius 1 is 0.773 bits per heavy atom. The molecule has 0 saturated carbocycles. The molecule has 0 unspecified atom stereocenters. The van der Waals surface area contributed by atoms with Crippen LogP contribution in [0.4, 0.5) is 0 Å². The van der Waals surface area contributed by atoms with Crippen molar-refractivity contribution in [3.63, 3.8) is 0 Å². The summed E-state index contributed by atoms with van der Waals surface area (Å²) in [6, 6.07) is 23.3. The van der Waals surface area contributed by atoms with Crippen LogP contribution in [0.1, 0.15) is 70.4 Å². The van der Waals surface area contributed by atoms with Crippen molar-refractivity contribution in [2.45, 2.75) is 70.7 Å². The first-order valence-corrected chi connectivity index (χ1v) is 17.1. The maximum Gasteiger partial charge on any atom is 0.339 e. The summed E-state index contributed by atoms with van der Waals surface area (Å²) in [5.74, 6) is -0.316. The molecule has 0 spiro atoms. The predicted octanol–water partition coefficient (Wildman–Crippen LogP) is 8.10. The lowest BCUT2D eigenvalue weighted by Gasteiger charge is -2.49. The molecule has 0 saturated heterocycles. The van der Waals surface area contributed by atoms with E-state index < -0.39 is 16.0 Å². The third-order valence-electron chi connectivity index (χ3n) is 8.73. The number of carbonyl (C=O) groups excluding carboxylic acids is 2. The Bertz CT molecular complexity index is 1770. The number of rotatable bonds is 6. The van der Waals surface area contributed by atoms with E-state index >= 15 is 0 Å². The molecule has 6 rings (SSSR count). The normalized spacial score (nSPS) is 20.0. The van der Waals surface area contributed by atoms with Crippen molar-refractivity contribution in [3.05, 3.63) is 117 Å². The molecule has 0 amide bonds. The van der Waals surface area contributed by atoms with Gasteiger partial charge < -0.3 is 9.08 Å². The largest absolute Gasteiger partial charge is 0.378 e. The van der Waals surface area contributed by atoms with Crippen LogP contribution in [0.15, 0.2) is 111 Å². The highest BCUT2D eigenvalue weighted by Gasteiger charge is 2.49. The Balaban J connectivity index is 1.49. The van der Waals surface area contributed by atoms with E-state index in [0.717, 1.165) is 22.5 Å². The number of benzene rings is 3. The number of hydrogen-bond donors (Lipinski definition) is 0. The number of hydrogen-bond acceptors (Lipinski definition) is 6. The molecule has 0 radical (unpaired) electrons. The van der Waals surface area contributed by atoms with Gasteiger partial charge in [-0.2, -0.15) is 8.42 Å². The van der Waals surface area contributed by atoms with Gasteiger partial charge in [0.05, 0.1) is 4.47 Å². The SMILES string of the molecule is CC1(C)CC(=O)C2=C(C1)N(Cc1ccccc1)C1=C(C(=O)CC(C)(C)C1)C2c1ccc(OS(=O)(=O)c2ccccc2)c(Br)c1. The lowest BCUT2D eigenvalue weighted by molar-refractivity contribution is -0.119. The topological polar surface area (TPSA) is 80.8 Å². The van der Waals surface area contributed by atoms with E-state index in [0.29, 0.717) is 47.8 Å². The summed E-state index contributed by atoms with van der Waals surface area (Å²) in [4.78, 5) is 30.5. The monoisotopic (exact) mass is 673 g/mol. The van der Waals surface area contributed by atoms with Crippen LogP contribution in [-0.4, -0.2) is 24.9 Å². The zero-order valence-corrected chi connectivity index (χ0v) is 27.8. The molecule has 8 heteroatoms. The van der Waals surface area contributed by atoms with E-state index in [1.54, 1.807) is 36.4 Å². The Morgan fingerprint density at radius 2 is 1.30 bits per heavy atom. The van der Waals surface area contributed by atoms with E-state index in [9.17, 15) is 18.0 Å². The molecule has 3 aromatic carbocycles. The summed E-state index contributed by atoms with van der Waals surface area (Å²) in [5, 5.41) is 0. The van der Waals surface area contributed by atoms with Gasteiger partial charge in [0.2, 0.25) is 0 Å². The van der Waals surface area contributed by atoms with Crippen molar-refractivity contribution in [1.29, 1.82) is 0 Å². The number of halogens is 1. The van der Waals surface area contributed by atoms with Gasteiger partial charge in [-0.05, 0) is 75.0 Å². The molecule has 228 valence electrons. The minimum Gasteiger partial charge on any atom is -0.378 e. The molecular formula is C36H36BrNO5S. The molecule has 6 nitrogen and oxygen atoms in total. The zero-order valence-electron chi connectivity index (χ0n) is 25.4. The van der Waals surface area contributed by atoms with Crippen molar-refractivity contribution >= 4 is 37.6 Å². The van der Waals surface area contributed by atoms with Crippen molar-refractivity contribution < 1.29 is 22.2 Å². The quantitative estimate of drug-likeness (QED) is 0.246. The molecule has 0 N–H and O–H groups in total. The van der Waals surface area contributed by atoms with Crippen molar-refractivity contribution in [3.8, 4) is 5.75 Å². The fraction of sp³-hybridized carbons (Fsp3) is 0.333. The molecule has 0 bridgehead atoms. The Morgan fingerprint density at radius 3 is 1.82 bits per heavy atom. The van der Waals surface area contributed by atoms with E-state index in [4.69, 9.17) is 4.18 Å². The summed E-state index contributed by atoms with van der Waals surface area (Å²) in [5.41, 5.74) is 4.70. The Kier molecular flexibility index (Phi) is 7.73. The van der Waals surface area contributed by atoms with Crippen molar-refractivity contribution in [1.82, 2.24) is 4.90 Å². The van der Waals surface area contributed by atoms with Gasteiger partial charge in [-0.15, -0.1) is 0 Å². The van der Waals surface area contributed by atoms with Crippen molar-refractivity contribution in [2.24, 2.45) is 10.8 Å². The molecule has 1 heterocycles. The van der Waals surface area contributed by atoms with Crippen molar-refractivity contribution in [2.75, 3.05) is 0 Å². The first-order valence-electron chi connectivity index (χ1n) is 14.9. The van der Waals surface area contributed by atoms with Gasteiger partial charge in [-0.3, -0.25) is 9.59 Å². The molecule has 44 heavy (non-hydrogen) atoms. The second kappa shape index (κ2) is 11.1. The predicted molar refractivity (Wildman–Crippen MR) is 173 cm³/mol. The van der Waals surface area contributed by atoms with Crippen LogP contribution in [0, 0.1) is 10.8 Å². The second-order valence-electron chi connectivity index (χ2n) is 13.6. The van der Waals surface area contributed by atoms with Gasteiger partial charge in [-0.25, -0.2) is 0 Å². The van der Waals surface area contributed by atoms with Crippen LogP contribution in [0.2, 0.25) is 0 Å². The van der Waals surface area contributed by atoms with Crippen LogP contribution in [0.25, 0.3) is 0 Å². The van der Waals surface area contributed by atoms with Crippen LogP contribution >= 0.6 is 15.9 Å². The minimum absolute atomic E-state index is 0.0478. The van der Waals surface area contributed by atoms with Crippen LogP contribution in [-0.2, 0) is 26.3 Å². The van der Waals surface area contributed by atoms with Gasteiger partial charge in [0, 0.05) is 47.8 Å². The smallest absolute Gasteiger partial charge is 0.339 e. The standard InChI is InChI=1S/C36H36BrNO5S/c1-35(2)18-27-33(29(39)20-35)32(24-15-16-31(26(37)17-24)43-44(41,42)25-13-9-6-10-14-25)34-28(19-36(3,4)21-30(34)40)38(27)22-23-11-7-5-8-12-23/h5-17,32H,18-22H2,1-4H3. The molecule has 3 aromatic rings. The molecule has 0 atom stereocenters. The molecule has 3 aliphatic rings. The Hall–Kier alpha value is -3.49. The lowest BCUT2D eigenvalue weighted by atomic mass is 9.63. The average molecular weight is 675 g/mol. The lowest BCUT2D eigenvalue weighted by Crippen LogP contribution is -2.44. The maximum atomic E-state index is 14.1.